The Balaban J connectivity index is 1.50. The number of aromatic nitrogens is 2. The van der Waals surface area contributed by atoms with E-state index in [0.717, 1.165) is 47.4 Å². The minimum absolute atomic E-state index is 0.0325. The highest BCUT2D eigenvalue weighted by atomic mass is 32.2. The predicted octanol–water partition coefficient (Wildman–Crippen LogP) is 4.76. The Kier molecular flexibility index (Phi) is 5.81. The van der Waals surface area contributed by atoms with E-state index in [0.29, 0.717) is 17.2 Å². The van der Waals surface area contributed by atoms with Gasteiger partial charge in [-0.1, -0.05) is 18.6 Å². The lowest BCUT2D eigenvalue weighted by Gasteiger charge is -2.29. The summed E-state index contributed by atoms with van der Waals surface area (Å²) in [5, 5.41) is 3.25. The monoisotopic (exact) mass is 409 g/mol. The molecule has 0 aliphatic heterocycles. The zero-order valence-electron chi connectivity index (χ0n) is 17.1. The van der Waals surface area contributed by atoms with Crippen LogP contribution in [-0.2, 0) is 7.05 Å². The summed E-state index contributed by atoms with van der Waals surface area (Å²) in [5.74, 6) is 2.16. The minimum atomic E-state index is -0.0325. The number of hydrogen-bond donors (Lipinski definition) is 1. The molecule has 2 unspecified atom stereocenters. The van der Waals surface area contributed by atoms with Crippen LogP contribution in [-0.4, -0.2) is 34.9 Å². The van der Waals surface area contributed by atoms with Gasteiger partial charge in [-0.2, -0.15) is 0 Å². The molecular weight excluding hydrogens is 382 g/mol. The lowest BCUT2D eigenvalue weighted by Crippen LogP contribution is -2.38. The number of carbonyl (C=O) groups is 1. The summed E-state index contributed by atoms with van der Waals surface area (Å²) in [6.45, 7) is 0. The number of nitrogens with zero attached hydrogens (tertiary/aromatic N) is 2. The second-order valence-corrected chi connectivity index (χ2v) is 8.53. The first kappa shape index (κ1) is 19.8. The van der Waals surface area contributed by atoms with Crippen molar-refractivity contribution in [3.05, 3.63) is 53.9 Å². The summed E-state index contributed by atoms with van der Waals surface area (Å²) in [6.07, 6.45) is 6.12. The number of benzene rings is 2. The standard InChI is InChI=1S/C23H27N3O2S/c1-26-21-10-5-4-9-20(21)25-22(26)15-7-6-8-17(11-15)24-23(27)16-12-18(28-2)14-19(13-16)29-3/h4-5,9-10,12-15,17H,6-8,11H2,1-3H3,(H,24,27). The fraction of sp³-hybridized carbons (Fsp3) is 0.391. The number of imidazole rings is 1. The highest BCUT2D eigenvalue weighted by molar-refractivity contribution is 7.98. The second kappa shape index (κ2) is 8.49. The van der Waals surface area contributed by atoms with Gasteiger partial charge in [-0.15, -0.1) is 11.8 Å². The van der Waals surface area contributed by atoms with Crippen LogP contribution in [0.15, 0.2) is 47.4 Å². The Morgan fingerprint density at radius 2 is 2.07 bits per heavy atom. The van der Waals surface area contributed by atoms with Gasteiger partial charge in [-0.3, -0.25) is 4.79 Å². The molecule has 1 amide bonds. The van der Waals surface area contributed by atoms with Crippen molar-refractivity contribution in [3.8, 4) is 5.75 Å². The van der Waals surface area contributed by atoms with E-state index >= 15 is 0 Å². The van der Waals surface area contributed by atoms with E-state index in [4.69, 9.17) is 9.72 Å². The summed E-state index contributed by atoms with van der Waals surface area (Å²) in [6, 6.07) is 14.1. The third-order valence-electron chi connectivity index (χ3n) is 5.81. The number of methoxy groups -OCH3 is 1. The first-order chi connectivity index (χ1) is 14.1. The number of para-hydroxylation sites is 2. The van der Waals surface area contributed by atoms with Crippen LogP contribution in [0.2, 0.25) is 0 Å². The van der Waals surface area contributed by atoms with Crippen molar-refractivity contribution in [2.75, 3.05) is 13.4 Å². The molecule has 0 radical (unpaired) electrons. The highest BCUT2D eigenvalue weighted by Crippen LogP contribution is 2.34. The van der Waals surface area contributed by atoms with Crippen molar-refractivity contribution in [2.24, 2.45) is 7.05 Å². The Morgan fingerprint density at radius 3 is 2.83 bits per heavy atom. The molecule has 0 saturated heterocycles. The Hall–Kier alpha value is -2.47. The number of hydrogen-bond acceptors (Lipinski definition) is 4. The summed E-state index contributed by atoms with van der Waals surface area (Å²) in [4.78, 5) is 18.8. The van der Waals surface area contributed by atoms with Gasteiger partial charge in [0.2, 0.25) is 0 Å². The van der Waals surface area contributed by atoms with Crippen molar-refractivity contribution >= 4 is 28.7 Å². The number of amides is 1. The summed E-state index contributed by atoms with van der Waals surface area (Å²) < 4.78 is 7.56. The first-order valence-corrected chi connectivity index (χ1v) is 11.3. The van der Waals surface area contributed by atoms with Crippen molar-refractivity contribution in [1.29, 1.82) is 0 Å². The van der Waals surface area contributed by atoms with Gasteiger partial charge in [-0.05, 0) is 55.9 Å². The van der Waals surface area contributed by atoms with Gasteiger partial charge in [0.25, 0.3) is 5.91 Å². The van der Waals surface area contributed by atoms with Gasteiger partial charge in [0.05, 0.1) is 18.1 Å². The summed E-state index contributed by atoms with van der Waals surface area (Å²) >= 11 is 1.61. The number of aryl methyl sites for hydroxylation is 1. The van der Waals surface area contributed by atoms with Crippen LogP contribution >= 0.6 is 11.8 Å². The van der Waals surface area contributed by atoms with E-state index in [1.165, 1.54) is 0 Å². The van der Waals surface area contributed by atoms with Crippen molar-refractivity contribution in [1.82, 2.24) is 14.9 Å². The average molecular weight is 410 g/mol. The van der Waals surface area contributed by atoms with Crippen LogP contribution in [0.3, 0.4) is 0 Å². The van der Waals surface area contributed by atoms with Crippen LogP contribution in [0.4, 0.5) is 0 Å². The topological polar surface area (TPSA) is 56.1 Å². The molecule has 152 valence electrons. The number of fused-ring (bicyclic) bond motifs is 1. The van der Waals surface area contributed by atoms with Crippen molar-refractivity contribution in [3.63, 3.8) is 0 Å². The molecule has 1 fully saturated rings. The van der Waals surface area contributed by atoms with E-state index in [2.05, 4.69) is 35.1 Å². The molecule has 1 N–H and O–H groups in total. The summed E-state index contributed by atoms with van der Waals surface area (Å²) in [5.41, 5.74) is 2.85. The maximum Gasteiger partial charge on any atom is 0.251 e. The van der Waals surface area contributed by atoms with Crippen LogP contribution in [0.1, 0.15) is 47.8 Å². The van der Waals surface area contributed by atoms with Gasteiger partial charge >= 0.3 is 0 Å². The van der Waals surface area contributed by atoms with Gasteiger partial charge < -0.3 is 14.6 Å². The fourth-order valence-corrected chi connectivity index (χ4v) is 4.77. The Labute approximate surface area is 175 Å². The SMILES string of the molecule is COc1cc(SC)cc(C(=O)NC2CCCC(c3nc4ccccc4n3C)C2)c1. The van der Waals surface area contributed by atoms with Crippen LogP contribution in [0.25, 0.3) is 11.0 Å². The van der Waals surface area contributed by atoms with Crippen molar-refractivity contribution < 1.29 is 9.53 Å². The molecule has 1 aliphatic carbocycles. The molecule has 0 bridgehead atoms. The molecule has 1 heterocycles. The number of nitrogens with one attached hydrogen (secondary N) is 1. The average Bonchev–Trinajstić information content (AvgIpc) is 3.10. The molecule has 29 heavy (non-hydrogen) atoms. The first-order valence-electron chi connectivity index (χ1n) is 10.0. The van der Waals surface area contributed by atoms with E-state index in [-0.39, 0.29) is 11.9 Å². The number of rotatable bonds is 5. The fourth-order valence-electron chi connectivity index (χ4n) is 4.29. The lowest BCUT2D eigenvalue weighted by molar-refractivity contribution is 0.0924. The van der Waals surface area contributed by atoms with Crippen LogP contribution in [0.5, 0.6) is 5.75 Å². The van der Waals surface area contributed by atoms with E-state index in [1.54, 1.807) is 24.9 Å². The number of carbonyl (C=O) groups excluding carboxylic acids is 1. The third-order valence-corrected chi connectivity index (χ3v) is 6.52. The van der Waals surface area contributed by atoms with Gasteiger partial charge in [0.1, 0.15) is 11.6 Å². The molecule has 6 heteroatoms. The maximum atomic E-state index is 12.9. The predicted molar refractivity (Wildman–Crippen MR) is 118 cm³/mol. The molecule has 2 aromatic carbocycles. The maximum absolute atomic E-state index is 12.9. The Morgan fingerprint density at radius 1 is 1.24 bits per heavy atom. The molecule has 5 nitrogen and oxygen atoms in total. The Bertz CT molecular complexity index is 1010. The molecule has 2 atom stereocenters. The molecule has 3 aromatic rings. The largest absolute Gasteiger partial charge is 0.497 e. The van der Waals surface area contributed by atoms with Gasteiger partial charge in [0, 0.05) is 29.5 Å². The lowest BCUT2D eigenvalue weighted by atomic mass is 9.85. The van der Waals surface area contributed by atoms with E-state index in [9.17, 15) is 4.79 Å². The smallest absolute Gasteiger partial charge is 0.251 e. The number of thioether (sulfide) groups is 1. The third kappa shape index (κ3) is 4.13. The highest BCUT2D eigenvalue weighted by Gasteiger charge is 2.28. The molecule has 1 saturated carbocycles. The molecule has 1 aliphatic rings. The molecule has 4 rings (SSSR count). The van der Waals surface area contributed by atoms with Crippen LogP contribution in [0, 0.1) is 0 Å². The van der Waals surface area contributed by atoms with Gasteiger partial charge in [0.15, 0.2) is 0 Å². The second-order valence-electron chi connectivity index (χ2n) is 7.65. The van der Waals surface area contributed by atoms with E-state index < -0.39 is 0 Å². The molecule has 1 aromatic heterocycles. The molecule has 0 spiro atoms. The zero-order chi connectivity index (χ0) is 20.4. The normalized spacial score (nSPS) is 19.3. The van der Waals surface area contributed by atoms with E-state index in [1.807, 2.05) is 24.5 Å². The quantitative estimate of drug-likeness (QED) is 0.617. The molecular formula is C23H27N3O2S. The van der Waals surface area contributed by atoms with Crippen LogP contribution < -0.4 is 10.1 Å². The van der Waals surface area contributed by atoms with Crippen molar-refractivity contribution in [2.45, 2.75) is 42.5 Å². The minimum Gasteiger partial charge on any atom is -0.497 e. The summed E-state index contributed by atoms with van der Waals surface area (Å²) in [7, 11) is 3.72. The number of ether oxygens (including phenoxy) is 1. The zero-order valence-corrected chi connectivity index (χ0v) is 18.0. The van der Waals surface area contributed by atoms with Gasteiger partial charge in [-0.25, -0.2) is 4.98 Å².